The molecule has 2 saturated carbocycles. The van der Waals surface area contributed by atoms with E-state index in [0.717, 1.165) is 47.1 Å². The molecule has 3 aromatic heterocycles. The Balaban J connectivity index is 1.49. The summed E-state index contributed by atoms with van der Waals surface area (Å²) >= 11 is 3.48. The molecule has 0 saturated heterocycles. The summed E-state index contributed by atoms with van der Waals surface area (Å²) in [7, 11) is 0. The summed E-state index contributed by atoms with van der Waals surface area (Å²) in [4.78, 5) is 22.1. The van der Waals surface area contributed by atoms with Crippen molar-refractivity contribution in [3.05, 3.63) is 64.4 Å². The van der Waals surface area contributed by atoms with Crippen molar-refractivity contribution in [2.45, 2.75) is 37.6 Å². The molecular weight excluding hydrogens is 392 g/mol. The number of pyridine rings is 2. The van der Waals surface area contributed by atoms with Gasteiger partial charge in [0.2, 0.25) is 0 Å². The molecule has 0 bridgehead atoms. The number of aromatic nitrogens is 3. The summed E-state index contributed by atoms with van der Waals surface area (Å²) < 4.78 is 3.00. The van der Waals surface area contributed by atoms with E-state index in [-0.39, 0.29) is 11.9 Å². The second-order valence-electron chi connectivity index (χ2n) is 7.27. The van der Waals surface area contributed by atoms with Crippen LogP contribution in [0.1, 0.15) is 59.5 Å². The van der Waals surface area contributed by atoms with Gasteiger partial charge in [-0.25, -0.2) is 4.98 Å². The smallest absolute Gasteiger partial charge is 0.272 e. The first-order chi connectivity index (χ1) is 12.7. The number of fused-ring (bicyclic) bond motifs is 1. The number of carbonyl (C=O) groups excluding carboxylic acids is 1. The molecule has 2 aliphatic rings. The molecule has 1 atom stereocenters. The van der Waals surface area contributed by atoms with Gasteiger partial charge in [0.1, 0.15) is 5.82 Å². The van der Waals surface area contributed by atoms with Crippen LogP contribution in [0.25, 0.3) is 5.52 Å². The van der Waals surface area contributed by atoms with Gasteiger partial charge in [-0.15, -0.1) is 0 Å². The minimum atomic E-state index is -0.0996. The topological polar surface area (TPSA) is 59.3 Å². The zero-order chi connectivity index (χ0) is 17.7. The maximum atomic E-state index is 13.1. The summed E-state index contributed by atoms with van der Waals surface area (Å²) in [6, 6.07) is 7.94. The number of amides is 1. The fourth-order valence-electron chi connectivity index (χ4n) is 3.57. The monoisotopic (exact) mass is 410 g/mol. The maximum Gasteiger partial charge on any atom is 0.272 e. The van der Waals surface area contributed by atoms with Crippen LogP contribution in [-0.2, 0) is 0 Å². The lowest BCUT2D eigenvalue weighted by Crippen LogP contribution is -2.30. The molecule has 1 N–H and O–H groups in total. The van der Waals surface area contributed by atoms with Crippen LogP contribution in [0.3, 0.4) is 0 Å². The molecule has 0 aliphatic heterocycles. The number of rotatable bonds is 5. The lowest BCUT2D eigenvalue weighted by atomic mass is 10.0. The molecular formula is C20H19BrN4O. The number of carbonyl (C=O) groups is 1. The normalized spacial score (nSPS) is 18.0. The Labute approximate surface area is 160 Å². The van der Waals surface area contributed by atoms with Crippen LogP contribution in [0.5, 0.6) is 0 Å². The van der Waals surface area contributed by atoms with Gasteiger partial charge >= 0.3 is 0 Å². The van der Waals surface area contributed by atoms with Gasteiger partial charge in [-0.1, -0.05) is 6.07 Å². The van der Waals surface area contributed by atoms with Crippen molar-refractivity contribution < 1.29 is 4.79 Å². The Kier molecular flexibility index (Phi) is 3.81. The SMILES string of the molecule is O=C(NC(c1cncc(Br)c1)C1CC1)c1nc(C2CC2)n2ccccc12. The molecule has 132 valence electrons. The van der Waals surface area contributed by atoms with Gasteiger partial charge < -0.3 is 9.72 Å². The quantitative estimate of drug-likeness (QED) is 0.683. The highest BCUT2D eigenvalue weighted by atomic mass is 79.9. The van der Waals surface area contributed by atoms with Gasteiger partial charge in [-0.3, -0.25) is 9.78 Å². The second kappa shape index (κ2) is 6.20. The predicted octanol–water partition coefficient (Wildman–Crippen LogP) is 4.25. The molecule has 3 aromatic rings. The summed E-state index contributed by atoms with van der Waals surface area (Å²) in [6.07, 6.45) is 10.2. The number of imidazole rings is 1. The van der Waals surface area contributed by atoms with Gasteiger partial charge in [0.25, 0.3) is 5.91 Å². The summed E-state index contributed by atoms with van der Waals surface area (Å²) in [5.74, 6) is 1.88. The lowest BCUT2D eigenvalue weighted by molar-refractivity contribution is 0.0928. The van der Waals surface area contributed by atoms with E-state index in [1.807, 2.05) is 36.7 Å². The molecule has 3 heterocycles. The van der Waals surface area contributed by atoms with Crippen molar-refractivity contribution in [2.24, 2.45) is 5.92 Å². The van der Waals surface area contributed by atoms with Crippen LogP contribution in [0.2, 0.25) is 0 Å². The number of hydrogen-bond acceptors (Lipinski definition) is 3. The molecule has 0 radical (unpaired) electrons. The number of halogens is 1. The molecule has 1 unspecified atom stereocenters. The van der Waals surface area contributed by atoms with E-state index in [2.05, 4.69) is 30.6 Å². The lowest BCUT2D eigenvalue weighted by Gasteiger charge is -2.18. The van der Waals surface area contributed by atoms with Crippen molar-refractivity contribution in [2.75, 3.05) is 0 Å². The van der Waals surface area contributed by atoms with Crippen LogP contribution in [-0.4, -0.2) is 20.3 Å². The zero-order valence-electron chi connectivity index (χ0n) is 14.2. The van der Waals surface area contributed by atoms with Crippen molar-refractivity contribution in [3.8, 4) is 0 Å². The average Bonchev–Trinajstić information content (AvgIpc) is 3.57. The number of nitrogens with zero attached hydrogens (tertiary/aromatic N) is 3. The van der Waals surface area contributed by atoms with E-state index in [1.165, 1.54) is 0 Å². The zero-order valence-corrected chi connectivity index (χ0v) is 15.8. The fraction of sp³-hybridized carbons (Fsp3) is 0.350. The average molecular weight is 411 g/mol. The molecule has 2 fully saturated rings. The Hall–Kier alpha value is -2.21. The molecule has 26 heavy (non-hydrogen) atoms. The predicted molar refractivity (Wildman–Crippen MR) is 102 cm³/mol. The van der Waals surface area contributed by atoms with E-state index >= 15 is 0 Å². The van der Waals surface area contributed by atoms with E-state index in [0.29, 0.717) is 17.5 Å². The van der Waals surface area contributed by atoms with Crippen LogP contribution < -0.4 is 5.32 Å². The molecule has 0 spiro atoms. The Bertz CT molecular complexity index is 990. The highest BCUT2D eigenvalue weighted by Gasteiger charge is 2.35. The minimum absolute atomic E-state index is 0.0164. The molecule has 5 nitrogen and oxygen atoms in total. The maximum absolute atomic E-state index is 13.1. The largest absolute Gasteiger partial charge is 0.343 e. The van der Waals surface area contributed by atoms with Gasteiger partial charge in [-0.2, -0.15) is 0 Å². The third-order valence-corrected chi connectivity index (χ3v) is 5.63. The summed E-state index contributed by atoms with van der Waals surface area (Å²) in [6.45, 7) is 0. The van der Waals surface area contributed by atoms with Crippen LogP contribution in [0.15, 0.2) is 47.3 Å². The van der Waals surface area contributed by atoms with Crippen molar-refractivity contribution in [3.63, 3.8) is 0 Å². The Morgan fingerprint density at radius 1 is 1.23 bits per heavy atom. The minimum Gasteiger partial charge on any atom is -0.343 e. The third kappa shape index (κ3) is 2.92. The Morgan fingerprint density at radius 3 is 2.81 bits per heavy atom. The molecule has 0 aromatic carbocycles. The highest BCUT2D eigenvalue weighted by Crippen LogP contribution is 2.42. The van der Waals surface area contributed by atoms with Crippen molar-refractivity contribution >= 4 is 27.4 Å². The first kappa shape index (κ1) is 16.0. The molecule has 5 rings (SSSR count). The van der Waals surface area contributed by atoms with Gasteiger partial charge in [0.15, 0.2) is 5.69 Å². The van der Waals surface area contributed by atoms with Crippen LogP contribution in [0, 0.1) is 5.92 Å². The van der Waals surface area contributed by atoms with Crippen molar-refractivity contribution in [1.29, 1.82) is 0 Å². The van der Waals surface area contributed by atoms with Crippen molar-refractivity contribution in [1.82, 2.24) is 19.7 Å². The summed E-state index contributed by atoms with van der Waals surface area (Å²) in [5.41, 5.74) is 2.45. The number of hydrogen-bond donors (Lipinski definition) is 1. The van der Waals surface area contributed by atoms with E-state index in [4.69, 9.17) is 4.98 Å². The molecule has 2 aliphatic carbocycles. The second-order valence-corrected chi connectivity index (χ2v) is 8.19. The first-order valence-corrected chi connectivity index (χ1v) is 9.88. The van der Waals surface area contributed by atoms with Gasteiger partial charge in [-0.05, 0) is 71.3 Å². The summed E-state index contributed by atoms with van der Waals surface area (Å²) in [5, 5.41) is 3.23. The van der Waals surface area contributed by atoms with Crippen LogP contribution >= 0.6 is 15.9 Å². The van der Waals surface area contributed by atoms with E-state index in [9.17, 15) is 4.79 Å². The van der Waals surface area contributed by atoms with E-state index < -0.39 is 0 Å². The third-order valence-electron chi connectivity index (χ3n) is 5.20. The standard InChI is InChI=1S/C20H19BrN4O/c21-15-9-14(10-22-11-15)17(12-4-5-12)24-20(26)18-16-3-1-2-8-25(16)19(23-18)13-6-7-13/h1-3,8-13,17H,4-7H2,(H,24,26). The van der Waals surface area contributed by atoms with E-state index in [1.54, 1.807) is 6.20 Å². The first-order valence-electron chi connectivity index (χ1n) is 9.09. The molecule has 6 heteroatoms. The highest BCUT2D eigenvalue weighted by molar-refractivity contribution is 9.10. The van der Waals surface area contributed by atoms with Crippen LogP contribution in [0.4, 0.5) is 0 Å². The van der Waals surface area contributed by atoms with Gasteiger partial charge in [0, 0.05) is 29.0 Å². The van der Waals surface area contributed by atoms with Gasteiger partial charge in [0.05, 0.1) is 11.6 Å². The Morgan fingerprint density at radius 2 is 2.08 bits per heavy atom. The molecule has 1 amide bonds. The fourth-order valence-corrected chi connectivity index (χ4v) is 3.95. The number of nitrogens with one attached hydrogen (secondary N) is 1.